The number of nitrogens with one attached hydrogen (secondary N) is 1. The molecule has 1 fully saturated rings. The number of hydrogen-bond acceptors (Lipinski definition) is 3. The van der Waals surface area contributed by atoms with E-state index in [-0.39, 0.29) is 5.57 Å². The van der Waals surface area contributed by atoms with Crippen molar-refractivity contribution < 1.29 is 14.4 Å². The molecule has 1 heterocycles. The van der Waals surface area contributed by atoms with Gasteiger partial charge in [-0.2, -0.15) is 0 Å². The normalized spacial score (nSPS) is 16.5. The van der Waals surface area contributed by atoms with Gasteiger partial charge < -0.3 is 0 Å². The molecule has 2 aromatic carbocycles. The number of urea groups is 1. The molecular weight excluding hydrogens is 440 g/mol. The molecule has 1 aliphatic rings. The molecular formula is C17H10Br2N2O3. The number of nitrogens with zero attached hydrogens (tertiary/aromatic N) is 1. The van der Waals surface area contributed by atoms with Gasteiger partial charge in [-0.1, -0.05) is 50.1 Å². The zero-order valence-electron chi connectivity index (χ0n) is 12.1. The van der Waals surface area contributed by atoms with Gasteiger partial charge >= 0.3 is 6.03 Å². The molecule has 5 nitrogen and oxygen atoms in total. The number of amides is 4. The van der Waals surface area contributed by atoms with Gasteiger partial charge in [0, 0.05) is 8.95 Å². The Morgan fingerprint density at radius 1 is 0.917 bits per heavy atom. The number of anilines is 1. The first-order chi connectivity index (χ1) is 11.5. The maximum Gasteiger partial charge on any atom is 0.335 e. The first-order valence-electron chi connectivity index (χ1n) is 6.88. The molecule has 0 spiro atoms. The third-order valence-electron chi connectivity index (χ3n) is 3.33. The Balaban J connectivity index is 2.03. The van der Waals surface area contributed by atoms with E-state index in [2.05, 4.69) is 37.2 Å². The predicted molar refractivity (Wildman–Crippen MR) is 97.3 cm³/mol. The lowest BCUT2D eigenvalue weighted by Crippen LogP contribution is -2.54. The van der Waals surface area contributed by atoms with Crippen molar-refractivity contribution in [3.8, 4) is 0 Å². The van der Waals surface area contributed by atoms with Crippen molar-refractivity contribution in [2.75, 3.05) is 4.90 Å². The Hall–Kier alpha value is -2.25. The Bertz CT molecular complexity index is 893. The SMILES string of the molecule is O=C1NC(=O)N(c2cccc(Br)c2)C(=O)/C1=C/c1cccc(Br)c1. The summed E-state index contributed by atoms with van der Waals surface area (Å²) in [5.41, 5.74) is 0.943. The maximum atomic E-state index is 12.7. The van der Waals surface area contributed by atoms with Crippen LogP contribution >= 0.6 is 31.9 Å². The molecule has 0 aliphatic carbocycles. The molecule has 0 radical (unpaired) electrons. The largest absolute Gasteiger partial charge is 0.335 e. The number of carbonyl (C=O) groups excluding carboxylic acids is 3. The Kier molecular flexibility index (Phi) is 4.64. The van der Waals surface area contributed by atoms with Crippen LogP contribution in [0.4, 0.5) is 10.5 Å². The lowest BCUT2D eigenvalue weighted by molar-refractivity contribution is -0.122. The summed E-state index contributed by atoms with van der Waals surface area (Å²) in [6, 6.07) is 13.1. The van der Waals surface area contributed by atoms with Gasteiger partial charge in [0.2, 0.25) is 0 Å². The number of carbonyl (C=O) groups is 3. The standard InChI is InChI=1S/C17H10Br2N2O3/c18-11-4-1-3-10(7-11)8-14-15(22)20-17(24)21(16(14)23)13-6-2-5-12(19)9-13/h1-9H,(H,20,22,24)/b14-8+. The molecule has 0 unspecified atom stereocenters. The lowest BCUT2D eigenvalue weighted by Gasteiger charge is -2.26. The first kappa shape index (κ1) is 16.6. The van der Waals surface area contributed by atoms with Gasteiger partial charge in [-0.15, -0.1) is 0 Å². The van der Waals surface area contributed by atoms with Crippen molar-refractivity contribution >= 4 is 61.5 Å². The van der Waals surface area contributed by atoms with Crippen LogP contribution in [0, 0.1) is 0 Å². The highest BCUT2D eigenvalue weighted by atomic mass is 79.9. The molecule has 0 bridgehead atoms. The molecule has 1 aliphatic heterocycles. The van der Waals surface area contributed by atoms with Crippen LogP contribution in [-0.4, -0.2) is 17.8 Å². The monoisotopic (exact) mass is 448 g/mol. The van der Waals surface area contributed by atoms with Gasteiger partial charge in [0.1, 0.15) is 5.57 Å². The van der Waals surface area contributed by atoms with Gasteiger partial charge in [0.25, 0.3) is 11.8 Å². The lowest BCUT2D eigenvalue weighted by atomic mass is 10.1. The number of hydrogen-bond donors (Lipinski definition) is 1. The summed E-state index contributed by atoms with van der Waals surface area (Å²) >= 11 is 6.64. The van der Waals surface area contributed by atoms with Crippen LogP contribution in [0.2, 0.25) is 0 Å². The molecule has 24 heavy (non-hydrogen) atoms. The van der Waals surface area contributed by atoms with Crippen LogP contribution in [0.1, 0.15) is 5.56 Å². The van der Waals surface area contributed by atoms with Crippen molar-refractivity contribution in [3.05, 3.63) is 68.6 Å². The molecule has 120 valence electrons. The third kappa shape index (κ3) is 3.32. The fraction of sp³-hybridized carbons (Fsp3) is 0. The van der Waals surface area contributed by atoms with Crippen LogP contribution in [0.15, 0.2) is 63.0 Å². The molecule has 2 aromatic rings. The van der Waals surface area contributed by atoms with Gasteiger partial charge in [0.15, 0.2) is 0 Å². The van der Waals surface area contributed by atoms with Crippen molar-refractivity contribution in [2.24, 2.45) is 0 Å². The zero-order chi connectivity index (χ0) is 17.3. The van der Waals surface area contributed by atoms with E-state index in [4.69, 9.17) is 0 Å². The van der Waals surface area contributed by atoms with E-state index in [9.17, 15) is 14.4 Å². The number of rotatable bonds is 2. The average Bonchev–Trinajstić information content (AvgIpc) is 2.51. The smallest absolute Gasteiger partial charge is 0.273 e. The van der Waals surface area contributed by atoms with E-state index < -0.39 is 17.8 Å². The second kappa shape index (κ2) is 6.70. The van der Waals surface area contributed by atoms with Crippen LogP contribution in [0.5, 0.6) is 0 Å². The summed E-state index contributed by atoms with van der Waals surface area (Å²) < 4.78 is 1.54. The molecule has 1 saturated heterocycles. The van der Waals surface area contributed by atoms with Gasteiger partial charge in [-0.3, -0.25) is 14.9 Å². The summed E-state index contributed by atoms with van der Waals surface area (Å²) in [5.74, 6) is -1.38. The zero-order valence-corrected chi connectivity index (χ0v) is 15.3. The highest BCUT2D eigenvalue weighted by molar-refractivity contribution is 9.10. The molecule has 0 aromatic heterocycles. The minimum Gasteiger partial charge on any atom is -0.273 e. The molecule has 4 amide bonds. The van der Waals surface area contributed by atoms with Crippen LogP contribution in [-0.2, 0) is 9.59 Å². The van der Waals surface area contributed by atoms with Gasteiger partial charge in [-0.05, 0) is 42.0 Å². The number of halogens is 2. The average molecular weight is 450 g/mol. The van der Waals surface area contributed by atoms with Crippen molar-refractivity contribution in [1.82, 2.24) is 5.32 Å². The van der Waals surface area contributed by atoms with E-state index in [0.717, 1.165) is 13.8 Å². The summed E-state index contributed by atoms with van der Waals surface area (Å²) in [6.07, 6.45) is 1.46. The molecule has 7 heteroatoms. The Morgan fingerprint density at radius 2 is 1.58 bits per heavy atom. The number of imide groups is 2. The predicted octanol–water partition coefficient (Wildman–Crippen LogP) is 3.88. The topological polar surface area (TPSA) is 66.5 Å². The fourth-order valence-electron chi connectivity index (χ4n) is 2.27. The minimum absolute atomic E-state index is 0.104. The number of benzene rings is 2. The van der Waals surface area contributed by atoms with Crippen LogP contribution in [0.3, 0.4) is 0 Å². The van der Waals surface area contributed by atoms with E-state index in [1.165, 1.54) is 6.08 Å². The third-order valence-corrected chi connectivity index (χ3v) is 4.31. The molecule has 1 N–H and O–H groups in total. The second-order valence-electron chi connectivity index (χ2n) is 4.99. The molecule has 0 saturated carbocycles. The molecule has 3 rings (SSSR count). The van der Waals surface area contributed by atoms with Crippen molar-refractivity contribution in [2.45, 2.75) is 0 Å². The Labute approximate surface area is 154 Å². The van der Waals surface area contributed by atoms with Crippen LogP contribution < -0.4 is 10.2 Å². The van der Waals surface area contributed by atoms with E-state index in [1.807, 2.05) is 6.07 Å². The van der Waals surface area contributed by atoms with Crippen molar-refractivity contribution in [3.63, 3.8) is 0 Å². The van der Waals surface area contributed by atoms with Gasteiger partial charge in [-0.25, -0.2) is 9.69 Å². The first-order valence-corrected chi connectivity index (χ1v) is 8.47. The quantitative estimate of drug-likeness (QED) is 0.558. The molecule has 0 atom stereocenters. The van der Waals surface area contributed by atoms with E-state index in [0.29, 0.717) is 11.3 Å². The van der Waals surface area contributed by atoms with Gasteiger partial charge in [0.05, 0.1) is 5.69 Å². The van der Waals surface area contributed by atoms with E-state index in [1.54, 1.807) is 42.5 Å². The summed E-state index contributed by atoms with van der Waals surface area (Å²) in [5, 5.41) is 2.19. The Morgan fingerprint density at radius 3 is 2.25 bits per heavy atom. The minimum atomic E-state index is -0.769. The number of barbiturate groups is 1. The summed E-state index contributed by atoms with van der Waals surface area (Å²) in [4.78, 5) is 37.8. The second-order valence-corrected chi connectivity index (χ2v) is 6.82. The highest BCUT2D eigenvalue weighted by Crippen LogP contribution is 2.25. The highest BCUT2D eigenvalue weighted by Gasteiger charge is 2.36. The summed E-state index contributed by atoms with van der Waals surface area (Å²) in [7, 11) is 0. The summed E-state index contributed by atoms with van der Waals surface area (Å²) in [6.45, 7) is 0. The fourth-order valence-corrected chi connectivity index (χ4v) is 3.07. The van der Waals surface area contributed by atoms with Crippen LogP contribution in [0.25, 0.3) is 6.08 Å². The van der Waals surface area contributed by atoms with E-state index >= 15 is 0 Å². The maximum absolute atomic E-state index is 12.7. The van der Waals surface area contributed by atoms with Crippen molar-refractivity contribution in [1.29, 1.82) is 0 Å².